The van der Waals surface area contributed by atoms with E-state index < -0.39 is 13.0 Å². The average molecular weight is 260 g/mol. The van der Waals surface area contributed by atoms with Gasteiger partial charge in [0.1, 0.15) is 6.61 Å². The summed E-state index contributed by atoms with van der Waals surface area (Å²) in [4.78, 5) is 0. The molecule has 0 saturated heterocycles. The summed E-state index contributed by atoms with van der Waals surface area (Å²) in [6.07, 6.45) is 4.40. The van der Waals surface area contributed by atoms with E-state index in [4.69, 9.17) is 4.74 Å². The van der Waals surface area contributed by atoms with Gasteiger partial charge in [-0.1, -0.05) is 0 Å². The number of aliphatic hydroxyl groups is 1. The number of aliphatic hydroxyl groups excluding tert-OH is 1. The summed E-state index contributed by atoms with van der Waals surface area (Å²) in [5.74, 6) is 1.38. The van der Waals surface area contributed by atoms with E-state index in [2.05, 4.69) is 0 Å². The van der Waals surface area contributed by atoms with Gasteiger partial charge in [-0.05, 0) is 61.2 Å². The first kappa shape index (κ1) is 12.8. The number of alkyl halides is 2. The number of halogens is 2. The molecule has 4 rings (SSSR count). The van der Waals surface area contributed by atoms with Gasteiger partial charge in [0.05, 0.1) is 6.61 Å². The Morgan fingerprint density at radius 3 is 2.28 bits per heavy atom. The van der Waals surface area contributed by atoms with Gasteiger partial charge in [0, 0.05) is 6.61 Å². The molecule has 4 heteroatoms. The van der Waals surface area contributed by atoms with Crippen LogP contribution in [0.4, 0.5) is 8.78 Å². The van der Waals surface area contributed by atoms with Crippen LogP contribution >= 0.6 is 0 Å². The Morgan fingerprint density at radius 1 is 1.11 bits per heavy atom. The van der Waals surface area contributed by atoms with Gasteiger partial charge in [0.25, 0.3) is 6.43 Å². The molecule has 4 fully saturated rings. The van der Waals surface area contributed by atoms with Crippen molar-refractivity contribution in [3.05, 3.63) is 0 Å². The third-order valence-corrected chi connectivity index (χ3v) is 5.29. The van der Waals surface area contributed by atoms with Crippen LogP contribution in [0.2, 0.25) is 0 Å². The number of ether oxygens (including phenoxy) is 1. The van der Waals surface area contributed by atoms with Crippen LogP contribution in [0.25, 0.3) is 0 Å². The van der Waals surface area contributed by atoms with E-state index in [1.807, 2.05) is 0 Å². The van der Waals surface area contributed by atoms with Crippen LogP contribution in [0.5, 0.6) is 0 Å². The van der Waals surface area contributed by atoms with Crippen molar-refractivity contribution in [1.29, 1.82) is 0 Å². The summed E-state index contributed by atoms with van der Waals surface area (Å²) in [7, 11) is 0. The molecule has 104 valence electrons. The van der Waals surface area contributed by atoms with E-state index in [1.165, 1.54) is 6.42 Å². The van der Waals surface area contributed by atoms with Crippen molar-refractivity contribution < 1.29 is 18.6 Å². The molecule has 2 unspecified atom stereocenters. The second-order valence-corrected chi connectivity index (χ2v) is 7.03. The SMILES string of the molecule is OCC12CC3CC(C1)CC(COCC(F)F)(C3)C2. The van der Waals surface area contributed by atoms with E-state index in [0.717, 1.165) is 32.1 Å². The molecule has 0 aromatic rings. The van der Waals surface area contributed by atoms with Gasteiger partial charge in [-0.2, -0.15) is 0 Å². The second-order valence-electron chi connectivity index (χ2n) is 7.03. The largest absolute Gasteiger partial charge is 0.396 e. The lowest BCUT2D eigenvalue weighted by atomic mass is 9.44. The maximum absolute atomic E-state index is 12.2. The molecule has 4 saturated carbocycles. The number of hydrogen-bond acceptors (Lipinski definition) is 2. The van der Waals surface area contributed by atoms with Crippen molar-refractivity contribution in [2.24, 2.45) is 22.7 Å². The monoisotopic (exact) mass is 260 g/mol. The zero-order valence-electron chi connectivity index (χ0n) is 10.7. The van der Waals surface area contributed by atoms with Gasteiger partial charge in [-0.15, -0.1) is 0 Å². The minimum atomic E-state index is -2.37. The Balaban J connectivity index is 1.69. The Hall–Kier alpha value is -0.220. The van der Waals surface area contributed by atoms with E-state index in [-0.39, 0.29) is 17.4 Å². The molecular weight excluding hydrogens is 238 g/mol. The fourth-order valence-corrected chi connectivity index (χ4v) is 5.37. The first-order valence-corrected chi connectivity index (χ1v) is 7.02. The Labute approximate surface area is 107 Å². The zero-order valence-corrected chi connectivity index (χ0v) is 10.7. The summed E-state index contributed by atoms with van der Waals surface area (Å²) in [6.45, 7) is 0.284. The van der Waals surface area contributed by atoms with Crippen molar-refractivity contribution in [1.82, 2.24) is 0 Å². The van der Waals surface area contributed by atoms with E-state index in [1.54, 1.807) is 0 Å². The lowest BCUT2D eigenvalue weighted by molar-refractivity contribution is -0.158. The van der Waals surface area contributed by atoms with E-state index in [0.29, 0.717) is 18.4 Å². The standard InChI is InChI=1S/C14H22F2O2/c15-12(16)6-18-9-14-4-10-1-11(5-14)3-13(2-10,7-14)8-17/h10-12,17H,1-9H2. The second kappa shape index (κ2) is 4.41. The topological polar surface area (TPSA) is 29.5 Å². The normalized spacial score (nSPS) is 46.0. The molecule has 0 aromatic carbocycles. The first-order valence-electron chi connectivity index (χ1n) is 7.02. The van der Waals surface area contributed by atoms with Crippen LogP contribution in [0.15, 0.2) is 0 Å². The first-order chi connectivity index (χ1) is 8.55. The van der Waals surface area contributed by atoms with Crippen molar-refractivity contribution in [3.63, 3.8) is 0 Å². The van der Waals surface area contributed by atoms with Gasteiger partial charge in [0.2, 0.25) is 0 Å². The summed E-state index contributed by atoms with van der Waals surface area (Å²) in [5, 5.41) is 9.70. The molecule has 0 heterocycles. The highest BCUT2D eigenvalue weighted by Crippen LogP contribution is 2.65. The van der Waals surface area contributed by atoms with Gasteiger partial charge < -0.3 is 9.84 Å². The van der Waals surface area contributed by atoms with Crippen molar-refractivity contribution in [2.45, 2.75) is 45.0 Å². The minimum Gasteiger partial charge on any atom is -0.396 e. The Bertz CT molecular complexity index is 305. The maximum atomic E-state index is 12.2. The van der Waals surface area contributed by atoms with Crippen LogP contribution < -0.4 is 0 Å². The summed E-state index contributed by atoms with van der Waals surface area (Å²) < 4.78 is 29.6. The summed E-state index contributed by atoms with van der Waals surface area (Å²) >= 11 is 0. The van der Waals surface area contributed by atoms with Gasteiger partial charge >= 0.3 is 0 Å². The molecule has 4 aliphatic carbocycles. The average Bonchev–Trinajstić information content (AvgIpc) is 2.26. The van der Waals surface area contributed by atoms with Crippen LogP contribution in [0.3, 0.4) is 0 Å². The van der Waals surface area contributed by atoms with Gasteiger partial charge in [-0.3, -0.25) is 0 Å². The minimum absolute atomic E-state index is 0.0816. The molecule has 0 aliphatic heterocycles. The molecule has 2 nitrogen and oxygen atoms in total. The quantitative estimate of drug-likeness (QED) is 0.823. The molecule has 0 radical (unpaired) electrons. The lowest BCUT2D eigenvalue weighted by Gasteiger charge is -2.61. The molecule has 2 atom stereocenters. The molecular formula is C14H22F2O2. The summed E-state index contributed by atoms with van der Waals surface area (Å²) in [5.41, 5.74) is 0.167. The van der Waals surface area contributed by atoms with Crippen LogP contribution in [0, 0.1) is 22.7 Å². The maximum Gasteiger partial charge on any atom is 0.261 e. The fraction of sp³-hybridized carbons (Fsp3) is 1.00. The van der Waals surface area contributed by atoms with E-state index in [9.17, 15) is 13.9 Å². The third kappa shape index (κ3) is 2.18. The highest BCUT2D eigenvalue weighted by molar-refractivity contribution is 5.07. The molecule has 18 heavy (non-hydrogen) atoms. The Morgan fingerprint density at radius 2 is 1.72 bits per heavy atom. The van der Waals surface area contributed by atoms with Crippen molar-refractivity contribution in [2.75, 3.05) is 19.8 Å². The summed E-state index contributed by atoms with van der Waals surface area (Å²) in [6, 6.07) is 0. The van der Waals surface area contributed by atoms with Crippen LogP contribution in [-0.2, 0) is 4.74 Å². The molecule has 4 bridgehead atoms. The smallest absolute Gasteiger partial charge is 0.261 e. The third-order valence-electron chi connectivity index (χ3n) is 5.29. The highest BCUT2D eigenvalue weighted by atomic mass is 19.3. The molecule has 0 amide bonds. The predicted octanol–water partition coefficient (Wildman–Crippen LogP) is 2.85. The molecule has 4 aliphatic rings. The highest BCUT2D eigenvalue weighted by Gasteiger charge is 2.57. The van der Waals surface area contributed by atoms with E-state index >= 15 is 0 Å². The number of hydrogen-bond donors (Lipinski definition) is 1. The number of rotatable bonds is 5. The molecule has 1 N–H and O–H groups in total. The molecule has 0 spiro atoms. The lowest BCUT2D eigenvalue weighted by Crippen LogP contribution is -2.54. The zero-order chi connectivity index (χ0) is 12.8. The van der Waals surface area contributed by atoms with Gasteiger partial charge in [-0.25, -0.2) is 8.78 Å². The van der Waals surface area contributed by atoms with Crippen LogP contribution in [-0.4, -0.2) is 31.4 Å². The van der Waals surface area contributed by atoms with Crippen molar-refractivity contribution in [3.8, 4) is 0 Å². The van der Waals surface area contributed by atoms with Crippen molar-refractivity contribution >= 4 is 0 Å². The Kier molecular flexibility index (Phi) is 3.14. The fourth-order valence-electron chi connectivity index (χ4n) is 5.37. The molecule has 0 aromatic heterocycles. The van der Waals surface area contributed by atoms with Gasteiger partial charge in [0.15, 0.2) is 0 Å². The predicted molar refractivity (Wildman–Crippen MR) is 63.5 cm³/mol. The van der Waals surface area contributed by atoms with Crippen LogP contribution in [0.1, 0.15) is 38.5 Å².